The van der Waals surface area contributed by atoms with Gasteiger partial charge >= 0.3 is 0 Å². The Kier molecular flexibility index (Phi) is 4.56. The molecular formula is C15H15N3O3S2. The van der Waals surface area contributed by atoms with Crippen LogP contribution in [0, 0.1) is 6.92 Å². The molecular weight excluding hydrogens is 334 g/mol. The van der Waals surface area contributed by atoms with E-state index in [2.05, 4.69) is 14.9 Å². The molecule has 2 aromatic heterocycles. The predicted molar refractivity (Wildman–Crippen MR) is 88.3 cm³/mol. The van der Waals surface area contributed by atoms with E-state index in [0.29, 0.717) is 5.82 Å². The van der Waals surface area contributed by atoms with Gasteiger partial charge in [0, 0.05) is 0 Å². The Labute approximate surface area is 138 Å². The lowest BCUT2D eigenvalue weighted by Crippen LogP contribution is -2.24. The van der Waals surface area contributed by atoms with Crippen molar-refractivity contribution in [2.24, 2.45) is 0 Å². The SMILES string of the molecule is Cc1ccc(CS(=O)(=O)NCc2nc(-c3cccs3)no2)cc1. The van der Waals surface area contributed by atoms with Gasteiger partial charge in [0.05, 0.1) is 17.2 Å². The van der Waals surface area contributed by atoms with E-state index in [-0.39, 0.29) is 18.2 Å². The third-order valence-corrected chi connectivity index (χ3v) is 5.29. The Hall–Kier alpha value is -2.03. The van der Waals surface area contributed by atoms with Crippen molar-refractivity contribution < 1.29 is 12.9 Å². The van der Waals surface area contributed by atoms with Crippen molar-refractivity contribution in [1.82, 2.24) is 14.9 Å². The number of nitrogens with zero attached hydrogens (tertiary/aromatic N) is 2. The molecule has 3 aromatic rings. The Morgan fingerprint density at radius 2 is 2.00 bits per heavy atom. The molecule has 0 bridgehead atoms. The number of sulfonamides is 1. The molecule has 0 unspecified atom stereocenters. The van der Waals surface area contributed by atoms with Crippen molar-refractivity contribution in [1.29, 1.82) is 0 Å². The lowest BCUT2D eigenvalue weighted by Gasteiger charge is -2.05. The van der Waals surface area contributed by atoms with Crippen molar-refractivity contribution in [2.75, 3.05) is 0 Å². The van der Waals surface area contributed by atoms with Crippen LogP contribution in [0.2, 0.25) is 0 Å². The zero-order chi connectivity index (χ0) is 16.3. The van der Waals surface area contributed by atoms with Crippen molar-refractivity contribution in [2.45, 2.75) is 19.2 Å². The average molecular weight is 349 g/mol. The monoisotopic (exact) mass is 349 g/mol. The third kappa shape index (κ3) is 4.25. The predicted octanol–water partition coefficient (Wildman–Crippen LogP) is 2.73. The van der Waals surface area contributed by atoms with Crippen LogP contribution in [-0.4, -0.2) is 18.6 Å². The molecule has 1 N–H and O–H groups in total. The lowest BCUT2D eigenvalue weighted by molar-refractivity contribution is 0.376. The molecule has 0 amide bonds. The molecule has 120 valence electrons. The first-order chi connectivity index (χ1) is 11.0. The zero-order valence-electron chi connectivity index (χ0n) is 12.4. The van der Waals surface area contributed by atoms with Crippen LogP contribution in [0.5, 0.6) is 0 Å². The molecule has 0 fully saturated rings. The quantitative estimate of drug-likeness (QED) is 0.739. The van der Waals surface area contributed by atoms with E-state index in [1.54, 1.807) is 12.1 Å². The minimum Gasteiger partial charge on any atom is -0.337 e. The van der Waals surface area contributed by atoms with Gasteiger partial charge in [-0.25, -0.2) is 13.1 Å². The summed E-state index contributed by atoms with van der Waals surface area (Å²) in [6, 6.07) is 11.1. The largest absolute Gasteiger partial charge is 0.337 e. The number of thiophene rings is 1. The summed E-state index contributed by atoms with van der Waals surface area (Å²) in [4.78, 5) is 5.06. The highest BCUT2D eigenvalue weighted by molar-refractivity contribution is 7.88. The van der Waals surface area contributed by atoms with Gasteiger partial charge in [0.1, 0.15) is 0 Å². The molecule has 23 heavy (non-hydrogen) atoms. The van der Waals surface area contributed by atoms with Crippen molar-refractivity contribution in [3.05, 3.63) is 58.8 Å². The number of hydrogen-bond donors (Lipinski definition) is 1. The summed E-state index contributed by atoms with van der Waals surface area (Å²) in [5.41, 5.74) is 1.82. The van der Waals surface area contributed by atoms with Gasteiger partial charge in [-0.2, -0.15) is 4.98 Å². The number of benzene rings is 1. The first kappa shape index (κ1) is 15.9. The van der Waals surface area contributed by atoms with Crippen LogP contribution in [-0.2, 0) is 22.3 Å². The fraction of sp³-hybridized carbons (Fsp3) is 0.200. The fourth-order valence-electron chi connectivity index (χ4n) is 1.96. The van der Waals surface area contributed by atoms with E-state index in [9.17, 15) is 8.42 Å². The van der Waals surface area contributed by atoms with Crippen molar-refractivity contribution >= 4 is 21.4 Å². The van der Waals surface area contributed by atoms with E-state index in [4.69, 9.17) is 4.52 Å². The second-order valence-corrected chi connectivity index (χ2v) is 7.81. The molecule has 0 atom stereocenters. The molecule has 8 heteroatoms. The van der Waals surface area contributed by atoms with Gasteiger partial charge < -0.3 is 4.52 Å². The van der Waals surface area contributed by atoms with Gasteiger partial charge in [-0.3, -0.25) is 0 Å². The van der Waals surface area contributed by atoms with Gasteiger partial charge in [-0.15, -0.1) is 11.3 Å². The van der Waals surface area contributed by atoms with E-state index >= 15 is 0 Å². The van der Waals surface area contributed by atoms with E-state index in [1.165, 1.54) is 11.3 Å². The maximum atomic E-state index is 12.1. The maximum absolute atomic E-state index is 12.1. The molecule has 0 spiro atoms. The van der Waals surface area contributed by atoms with E-state index in [0.717, 1.165) is 16.0 Å². The van der Waals surface area contributed by atoms with E-state index in [1.807, 2.05) is 36.6 Å². The number of aromatic nitrogens is 2. The van der Waals surface area contributed by atoms with Crippen LogP contribution in [0.15, 0.2) is 46.3 Å². The lowest BCUT2D eigenvalue weighted by atomic mass is 10.2. The minimum atomic E-state index is -3.47. The molecule has 0 aliphatic carbocycles. The van der Waals surface area contributed by atoms with Crippen LogP contribution in [0.25, 0.3) is 10.7 Å². The van der Waals surface area contributed by atoms with Gasteiger partial charge in [-0.05, 0) is 23.9 Å². The standard InChI is InChI=1S/C15H15N3O3S2/c1-11-4-6-12(7-5-11)10-23(19,20)16-9-14-17-15(18-21-14)13-3-2-8-22-13/h2-8,16H,9-10H2,1H3. The summed E-state index contributed by atoms with van der Waals surface area (Å²) in [5, 5.41) is 5.75. The second kappa shape index (κ2) is 6.61. The summed E-state index contributed by atoms with van der Waals surface area (Å²) >= 11 is 1.49. The molecule has 2 heterocycles. The molecule has 1 aromatic carbocycles. The van der Waals surface area contributed by atoms with Crippen LogP contribution in [0.1, 0.15) is 17.0 Å². The molecule has 0 aliphatic heterocycles. The average Bonchev–Trinajstić information content (AvgIpc) is 3.18. The van der Waals surface area contributed by atoms with Crippen molar-refractivity contribution in [3.8, 4) is 10.7 Å². The van der Waals surface area contributed by atoms with Crippen LogP contribution in [0.4, 0.5) is 0 Å². The van der Waals surface area contributed by atoms with E-state index < -0.39 is 10.0 Å². The highest BCUT2D eigenvalue weighted by Crippen LogP contribution is 2.21. The molecule has 3 rings (SSSR count). The van der Waals surface area contributed by atoms with Gasteiger partial charge in [-0.1, -0.05) is 41.1 Å². The molecule has 0 saturated heterocycles. The highest BCUT2D eigenvalue weighted by atomic mass is 32.2. The number of rotatable bonds is 6. The summed E-state index contributed by atoms with van der Waals surface area (Å²) in [6.07, 6.45) is 0. The topological polar surface area (TPSA) is 85.1 Å². The van der Waals surface area contributed by atoms with Crippen molar-refractivity contribution in [3.63, 3.8) is 0 Å². The zero-order valence-corrected chi connectivity index (χ0v) is 14.0. The summed E-state index contributed by atoms with van der Waals surface area (Å²) in [5.74, 6) is 0.618. The van der Waals surface area contributed by atoms with Crippen LogP contribution in [0.3, 0.4) is 0 Å². The normalized spacial score (nSPS) is 11.7. The minimum absolute atomic E-state index is 0.0213. The number of aryl methyl sites for hydroxylation is 1. The Balaban J connectivity index is 1.62. The van der Waals surface area contributed by atoms with Gasteiger partial charge in [0.2, 0.25) is 21.7 Å². The Morgan fingerprint density at radius 3 is 2.70 bits per heavy atom. The highest BCUT2D eigenvalue weighted by Gasteiger charge is 2.15. The van der Waals surface area contributed by atoms with Crippen LogP contribution >= 0.6 is 11.3 Å². The second-order valence-electron chi connectivity index (χ2n) is 5.05. The summed E-state index contributed by atoms with van der Waals surface area (Å²) < 4.78 is 31.7. The molecule has 6 nitrogen and oxygen atoms in total. The summed E-state index contributed by atoms with van der Waals surface area (Å²) in [6.45, 7) is 1.93. The summed E-state index contributed by atoms with van der Waals surface area (Å²) in [7, 11) is -3.47. The van der Waals surface area contributed by atoms with Gasteiger partial charge in [0.15, 0.2) is 0 Å². The third-order valence-electron chi connectivity index (χ3n) is 3.13. The molecule has 0 saturated carbocycles. The Bertz CT molecular complexity index is 869. The fourth-order valence-corrected chi connectivity index (χ4v) is 3.68. The number of hydrogen-bond acceptors (Lipinski definition) is 6. The number of nitrogens with one attached hydrogen (secondary N) is 1. The first-order valence-corrected chi connectivity index (χ1v) is 9.44. The Morgan fingerprint density at radius 1 is 1.22 bits per heavy atom. The first-order valence-electron chi connectivity index (χ1n) is 6.91. The smallest absolute Gasteiger partial charge is 0.242 e. The maximum Gasteiger partial charge on any atom is 0.242 e. The molecule has 0 aliphatic rings. The van der Waals surface area contributed by atoms with Gasteiger partial charge in [0.25, 0.3) is 0 Å². The van der Waals surface area contributed by atoms with Crippen LogP contribution < -0.4 is 4.72 Å². The molecule has 0 radical (unpaired) electrons.